The van der Waals surface area contributed by atoms with Crippen molar-refractivity contribution in [1.82, 2.24) is 4.90 Å². The normalized spacial score (nSPS) is 28.9. The molecule has 3 aliphatic rings. The molecule has 224 valence electrons. The monoisotopic (exact) mass is 568 g/mol. The molecule has 41 heavy (non-hydrogen) atoms. The summed E-state index contributed by atoms with van der Waals surface area (Å²) in [6.45, 7) is 13.5. The Balaban J connectivity index is 1.78. The van der Waals surface area contributed by atoms with Crippen LogP contribution in [0.25, 0.3) is 0 Å². The lowest BCUT2D eigenvalue weighted by Gasteiger charge is -2.40. The molecule has 2 amide bonds. The number of anilines is 1. The Hall–Kier alpha value is -3.17. The Morgan fingerprint density at radius 3 is 2.51 bits per heavy atom. The third-order valence-electron chi connectivity index (χ3n) is 8.81. The third-order valence-corrected chi connectivity index (χ3v) is 8.81. The van der Waals surface area contributed by atoms with Gasteiger partial charge >= 0.3 is 5.97 Å². The largest absolute Gasteiger partial charge is 0.497 e. The molecule has 0 saturated carbocycles. The van der Waals surface area contributed by atoms with Crippen LogP contribution in [0.1, 0.15) is 52.9 Å². The van der Waals surface area contributed by atoms with Gasteiger partial charge in [0.15, 0.2) is 0 Å². The summed E-state index contributed by atoms with van der Waals surface area (Å²) in [5, 5.41) is 10.5. The van der Waals surface area contributed by atoms with E-state index in [0.29, 0.717) is 43.5 Å². The number of nitrogens with zero attached hydrogens (tertiary/aromatic N) is 2. The molecular weight excluding hydrogens is 524 g/mol. The van der Waals surface area contributed by atoms with Crippen LogP contribution in [0.4, 0.5) is 5.69 Å². The van der Waals surface area contributed by atoms with Gasteiger partial charge in [-0.05, 0) is 69.2 Å². The zero-order chi connectivity index (χ0) is 29.9. The van der Waals surface area contributed by atoms with Crippen molar-refractivity contribution in [3.8, 4) is 5.75 Å². The lowest BCUT2D eigenvalue weighted by molar-refractivity contribution is -0.160. The molecule has 3 aliphatic heterocycles. The summed E-state index contributed by atoms with van der Waals surface area (Å²) in [6.07, 6.45) is 6.19. The molecule has 2 bridgehead atoms. The SMILES string of the molecule is C=CCCCOC(=O)[C@@H]1[C@H]2C(=O)N([C@@H](CO)CC(C)C)C(C(=O)N(CC=C)c3ccc(OC)cc3)C23CC[C@@]1(C)O3. The predicted octanol–water partition coefficient (Wildman–Crippen LogP) is 3.90. The van der Waals surface area contributed by atoms with E-state index in [2.05, 4.69) is 13.2 Å². The molecule has 1 N–H and O–H groups in total. The van der Waals surface area contributed by atoms with Gasteiger partial charge in [0.2, 0.25) is 5.91 Å². The van der Waals surface area contributed by atoms with Crippen LogP contribution < -0.4 is 9.64 Å². The van der Waals surface area contributed by atoms with E-state index in [1.54, 1.807) is 48.4 Å². The maximum absolute atomic E-state index is 14.7. The average molecular weight is 569 g/mol. The number of amides is 2. The highest BCUT2D eigenvalue weighted by Crippen LogP contribution is 2.64. The number of allylic oxidation sites excluding steroid dienone is 1. The van der Waals surface area contributed by atoms with E-state index >= 15 is 0 Å². The Labute approximate surface area is 243 Å². The minimum Gasteiger partial charge on any atom is -0.497 e. The summed E-state index contributed by atoms with van der Waals surface area (Å²) in [5.41, 5.74) is -1.54. The molecular formula is C32H44N2O7. The number of likely N-dealkylation sites (tertiary alicyclic amines) is 1. The first kappa shape index (κ1) is 30.8. The van der Waals surface area contributed by atoms with Crippen LogP contribution in [-0.2, 0) is 23.9 Å². The molecule has 1 aromatic carbocycles. The number of carbonyl (C=O) groups is 3. The van der Waals surface area contributed by atoms with Crippen LogP contribution in [0, 0.1) is 17.8 Å². The maximum atomic E-state index is 14.7. The molecule has 3 heterocycles. The van der Waals surface area contributed by atoms with Crippen LogP contribution >= 0.6 is 0 Å². The summed E-state index contributed by atoms with van der Waals surface area (Å²) in [7, 11) is 1.57. The number of methoxy groups -OCH3 is 1. The van der Waals surface area contributed by atoms with Gasteiger partial charge in [-0.15, -0.1) is 13.2 Å². The van der Waals surface area contributed by atoms with Crippen molar-refractivity contribution in [2.75, 3.05) is 31.8 Å². The van der Waals surface area contributed by atoms with Crippen molar-refractivity contribution in [1.29, 1.82) is 0 Å². The van der Waals surface area contributed by atoms with Crippen molar-refractivity contribution in [2.45, 2.75) is 76.2 Å². The number of hydrogen-bond acceptors (Lipinski definition) is 7. The Morgan fingerprint density at radius 2 is 1.93 bits per heavy atom. The second-order valence-electron chi connectivity index (χ2n) is 12.0. The Bertz CT molecular complexity index is 1150. The molecule has 1 spiro atoms. The van der Waals surface area contributed by atoms with Gasteiger partial charge in [0.1, 0.15) is 23.3 Å². The van der Waals surface area contributed by atoms with Gasteiger partial charge in [-0.3, -0.25) is 14.4 Å². The number of fused-ring (bicyclic) bond motifs is 1. The highest BCUT2D eigenvalue weighted by atomic mass is 16.6. The van der Waals surface area contributed by atoms with E-state index in [1.807, 2.05) is 20.8 Å². The summed E-state index contributed by atoms with van der Waals surface area (Å²) < 4.78 is 17.7. The van der Waals surface area contributed by atoms with Crippen molar-refractivity contribution in [3.05, 3.63) is 49.6 Å². The van der Waals surface area contributed by atoms with Crippen molar-refractivity contribution in [2.24, 2.45) is 17.8 Å². The average Bonchev–Trinajstić information content (AvgIpc) is 3.53. The van der Waals surface area contributed by atoms with Crippen LogP contribution in [0.2, 0.25) is 0 Å². The summed E-state index contributed by atoms with van der Waals surface area (Å²) >= 11 is 0. The van der Waals surface area contributed by atoms with E-state index < -0.39 is 41.1 Å². The number of hydrogen-bond donors (Lipinski definition) is 1. The number of unbranched alkanes of at least 4 members (excludes halogenated alkanes) is 1. The molecule has 0 aliphatic carbocycles. The highest BCUT2D eigenvalue weighted by Gasteiger charge is 2.79. The van der Waals surface area contributed by atoms with Gasteiger partial charge in [0.25, 0.3) is 5.91 Å². The second kappa shape index (κ2) is 12.4. The first-order chi connectivity index (χ1) is 19.6. The zero-order valence-corrected chi connectivity index (χ0v) is 24.7. The van der Waals surface area contributed by atoms with Gasteiger partial charge < -0.3 is 29.1 Å². The Kier molecular flexibility index (Phi) is 9.29. The molecule has 0 radical (unpaired) electrons. The number of benzene rings is 1. The molecule has 4 rings (SSSR count). The van der Waals surface area contributed by atoms with E-state index in [0.717, 1.165) is 0 Å². The number of ether oxygens (including phenoxy) is 3. The Morgan fingerprint density at radius 1 is 1.22 bits per heavy atom. The highest BCUT2D eigenvalue weighted by molar-refractivity contribution is 6.05. The number of aliphatic hydroxyl groups is 1. The van der Waals surface area contributed by atoms with Gasteiger partial charge in [0.05, 0.1) is 37.9 Å². The zero-order valence-electron chi connectivity index (χ0n) is 24.7. The number of aliphatic hydroxyl groups excluding tert-OH is 1. The third kappa shape index (κ3) is 5.42. The molecule has 3 fully saturated rings. The molecule has 9 heteroatoms. The van der Waals surface area contributed by atoms with Crippen molar-refractivity contribution < 1.29 is 33.7 Å². The smallest absolute Gasteiger partial charge is 0.312 e. The molecule has 1 aromatic rings. The van der Waals surface area contributed by atoms with Crippen molar-refractivity contribution >= 4 is 23.5 Å². The number of esters is 1. The van der Waals surface area contributed by atoms with Crippen LogP contribution in [0.15, 0.2) is 49.6 Å². The molecule has 6 atom stereocenters. The quantitative estimate of drug-likeness (QED) is 0.206. The van der Waals surface area contributed by atoms with Gasteiger partial charge in [0, 0.05) is 12.2 Å². The fraction of sp³-hybridized carbons (Fsp3) is 0.594. The van der Waals surface area contributed by atoms with E-state index in [-0.39, 0.29) is 37.5 Å². The first-order valence-electron chi connectivity index (χ1n) is 14.6. The minimum atomic E-state index is -1.22. The second-order valence-corrected chi connectivity index (χ2v) is 12.0. The minimum absolute atomic E-state index is 0.153. The van der Waals surface area contributed by atoms with Gasteiger partial charge in [-0.2, -0.15) is 0 Å². The maximum Gasteiger partial charge on any atom is 0.312 e. The summed E-state index contributed by atoms with van der Waals surface area (Å²) in [6, 6.07) is 5.46. The van der Waals surface area contributed by atoms with Gasteiger partial charge in [-0.25, -0.2) is 0 Å². The summed E-state index contributed by atoms with van der Waals surface area (Å²) in [5.74, 6) is -2.09. The fourth-order valence-corrected chi connectivity index (χ4v) is 7.07. The van der Waals surface area contributed by atoms with E-state index in [4.69, 9.17) is 14.2 Å². The van der Waals surface area contributed by atoms with E-state index in [1.165, 1.54) is 4.90 Å². The lowest BCUT2D eigenvalue weighted by atomic mass is 9.66. The standard InChI is InChI=1S/C32H44N2O7/c1-7-9-10-18-40-30(38)26-25-28(36)34(23(20-35)19-21(3)4)27(32(25)16-15-31(26,5)41-32)29(37)33(17-8-2)22-11-13-24(39-6)14-12-22/h7-8,11-14,21,23,25-27,35H,1-2,9-10,15-20H2,3-6H3/t23-,25+,26+,27?,31-,32?/m1/s1. The fourth-order valence-electron chi connectivity index (χ4n) is 7.07. The van der Waals surface area contributed by atoms with Crippen LogP contribution in [0.5, 0.6) is 5.75 Å². The lowest BCUT2D eigenvalue weighted by Crippen LogP contribution is -2.59. The number of rotatable bonds is 14. The van der Waals surface area contributed by atoms with Gasteiger partial charge in [-0.1, -0.05) is 26.0 Å². The summed E-state index contributed by atoms with van der Waals surface area (Å²) in [4.78, 5) is 45.7. The van der Waals surface area contributed by atoms with Crippen LogP contribution in [0.3, 0.4) is 0 Å². The van der Waals surface area contributed by atoms with E-state index in [9.17, 15) is 19.5 Å². The molecule has 0 aromatic heterocycles. The van der Waals surface area contributed by atoms with Crippen molar-refractivity contribution in [3.63, 3.8) is 0 Å². The first-order valence-corrected chi connectivity index (χ1v) is 14.6. The topological polar surface area (TPSA) is 106 Å². The van der Waals surface area contributed by atoms with Crippen LogP contribution in [-0.4, -0.2) is 77.9 Å². The molecule has 3 saturated heterocycles. The molecule has 9 nitrogen and oxygen atoms in total. The predicted molar refractivity (Wildman–Crippen MR) is 155 cm³/mol. The molecule has 2 unspecified atom stereocenters. The number of carbonyl (C=O) groups excluding carboxylic acids is 3.